The van der Waals surface area contributed by atoms with Crippen molar-refractivity contribution in [2.45, 2.75) is 19.3 Å². The number of anilines is 2. The minimum Gasteiger partial charge on any atom is -0.396 e. The highest BCUT2D eigenvalue weighted by Gasteiger charge is 2.03. The number of nitrogen functional groups attached to an aromatic ring is 1. The van der Waals surface area contributed by atoms with Gasteiger partial charge in [-0.1, -0.05) is 0 Å². The van der Waals surface area contributed by atoms with Crippen molar-refractivity contribution in [3.8, 4) is 0 Å². The zero-order valence-corrected chi connectivity index (χ0v) is 9.19. The Labute approximate surface area is 90.7 Å². The lowest BCUT2D eigenvalue weighted by Crippen LogP contribution is -2.19. The van der Waals surface area contributed by atoms with E-state index in [1.54, 1.807) is 12.4 Å². The zero-order valence-electron chi connectivity index (χ0n) is 9.19. The van der Waals surface area contributed by atoms with Crippen molar-refractivity contribution < 1.29 is 5.11 Å². The first-order chi connectivity index (χ1) is 7.25. The number of aliphatic hydroxyl groups excluding tert-OH is 1. The van der Waals surface area contributed by atoms with E-state index in [9.17, 15) is 0 Å². The van der Waals surface area contributed by atoms with Crippen LogP contribution in [0.3, 0.4) is 0 Å². The summed E-state index contributed by atoms with van der Waals surface area (Å²) in [4.78, 5) is 6.07. The SMILES string of the molecule is CN(CCCCCO)c1ccncc1N. The smallest absolute Gasteiger partial charge is 0.0738 e. The molecule has 84 valence electrons. The van der Waals surface area contributed by atoms with Gasteiger partial charge in [-0.15, -0.1) is 0 Å². The summed E-state index contributed by atoms with van der Waals surface area (Å²) in [7, 11) is 2.02. The lowest BCUT2D eigenvalue weighted by Gasteiger charge is -2.20. The Morgan fingerprint density at radius 3 is 2.87 bits per heavy atom. The lowest BCUT2D eigenvalue weighted by atomic mass is 10.2. The van der Waals surface area contributed by atoms with Crippen molar-refractivity contribution in [3.05, 3.63) is 18.5 Å². The van der Waals surface area contributed by atoms with E-state index in [1.165, 1.54) is 0 Å². The maximum absolute atomic E-state index is 8.65. The molecule has 0 saturated heterocycles. The molecule has 4 heteroatoms. The molecule has 0 unspecified atom stereocenters. The van der Waals surface area contributed by atoms with Gasteiger partial charge in [-0.3, -0.25) is 4.98 Å². The topological polar surface area (TPSA) is 62.4 Å². The van der Waals surface area contributed by atoms with Crippen LogP contribution < -0.4 is 10.6 Å². The highest BCUT2D eigenvalue weighted by molar-refractivity contribution is 5.65. The second kappa shape index (κ2) is 6.24. The van der Waals surface area contributed by atoms with Crippen LogP contribution >= 0.6 is 0 Å². The Morgan fingerprint density at radius 2 is 2.20 bits per heavy atom. The largest absolute Gasteiger partial charge is 0.396 e. The Hall–Kier alpha value is -1.29. The maximum atomic E-state index is 8.65. The average molecular weight is 209 g/mol. The Morgan fingerprint density at radius 1 is 1.40 bits per heavy atom. The van der Waals surface area contributed by atoms with Crippen molar-refractivity contribution in [1.29, 1.82) is 0 Å². The van der Waals surface area contributed by atoms with Crippen molar-refractivity contribution in [1.82, 2.24) is 4.98 Å². The zero-order chi connectivity index (χ0) is 11.1. The number of rotatable bonds is 6. The van der Waals surface area contributed by atoms with Crippen molar-refractivity contribution >= 4 is 11.4 Å². The molecular formula is C11H19N3O. The first-order valence-electron chi connectivity index (χ1n) is 5.27. The van der Waals surface area contributed by atoms with Gasteiger partial charge in [0.2, 0.25) is 0 Å². The fourth-order valence-corrected chi connectivity index (χ4v) is 1.50. The van der Waals surface area contributed by atoms with Crippen LogP contribution in [0, 0.1) is 0 Å². The Kier molecular flexibility index (Phi) is 4.90. The lowest BCUT2D eigenvalue weighted by molar-refractivity contribution is 0.283. The van der Waals surface area contributed by atoms with Crippen LogP contribution in [0.15, 0.2) is 18.5 Å². The summed E-state index contributed by atoms with van der Waals surface area (Å²) in [6, 6.07) is 1.92. The molecule has 0 atom stereocenters. The molecule has 0 spiro atoms. The van der Waals surface area contributed by atoms with Gasteiger partial charge in [-0.2, -0.15) is 0 Å². The van der Waals surface area contributed by atoms with E-state index < -0.39 is 0 Å². The molecule has 0 aliphatic heterocycles. The number of aromatic nitrogens is 1. The maximum Gasteiger partial charge on any atom is 0.0738 e. The Balaban J connectivity index is 2.40. The van der Waals surface area contributed by atoms with Gasteiger partial charge in [-0.25, -0.2) is 0 Å². The fourth-order valence-electron chi connectivity index (χ4n) is 1.50. The summed E-state index contributed by atoms with van der Waals surface area (Å²) in [6.45, 7) is 1.23. The van der Waals surface area contributed by atoms with Gasteiger partial charge in [0.05, 0.1) is 17.6 Å². The molecule has 15 heavy (non-hydrogen) atoms. The van der Waals surface area contributed by atoms with Gasteiger partial charge in [0, 0.05) is 26.4 Å². The number of nitrogens with two attached hydrogens (primary N) is 1. The molecule has 0 aliphatic carbocycles. The Bertz CT molecular complexity index is 291. The summed E-state index contributed by atoms with van der Waals surface area (Å²) < 4.78 is 0. The van der Waals surface area contributed by atoms with Crippen molar-refractivity contribution in [2.75, 3.05) is 30.8 Å². The van der Waals surface area contributed by atoms with E-state index in [0.717, 1.165) is 31.5 Å². The monoisotopic (exact) mass is 209 g/mol. The van der Waals surface area contributed by atoms with E-state index in [4.69, 9.17) is 10.8 Å². The van der Waals surface area contributed by atoms with E-state index in [2.05, 4.69) is 9.88 Å². The van der Waals surface area contributed by atoms with Gasteiger partial charge in [0.15, 0.2) is 0 Å². The van der Waals surface area contributed by atoms with Crippen molar-refractivity contribution in [3.63, 3.8) is 0 Å². The predicted octanol–water partition coefficient (Wildman–Crippen LogP) is 1.26. The predicted molar refractivity (Wildman–Crippen MR) is 62.9 cm³/mol. The minimum absolute atomic E-state index is 0.279. The molecule has 0 aliphatic rings. The van der Waals surface area contributed by atoms with E-state index in [0.29, 0.717) is 5.69 Å². The third-order valence-corrected chi connectivity index (χ3v) is 2.39. The van der Waals surface area contributed by atoms with Crippen LogP contribution in [-0.4, -0.2) is 30.3 Å². The van der Waals surface area contributed by atoms with E-state index in [1.807, 2.05) is 13.1 Å². The molecule has 1 rings (SSSR count). The highest BCUT2D eigenvalue weighted by atomic mass is 16.2. The first kappa shape index (κ1) is 11.8. The molecular weight excluding hydrogens is 190 g/mol. The molecule has 1 aromatic heterocycles. The second-order valence-electron chi connectivity index (χ2n) is 3.64. The molecule has 1 heterocycles. The minimum atomic E-state index is 0.279. The molecule has 0 saturated carbocycles. The summed E-state index contributed by atoms with van der Waals surface area (Å²) >= 11 is 0. The normalized spacial score (nSPS) is 10.3. The molecule has 4 nitrogen and oxygen atoms in total. The van der Waals surface area contributed by atoms with Crippen LogP contribution in [0.4, 0.5) is 11.4 Å². The molecule has 1 aromatic rings. The summed E-state index contributed by atoms with van der Waals surface area (Å²) in [5, 5.41) is 8.65. The molecule has 3 N–H and O–H groups in total. The third-order valence-electron chi connectivity index (χ3n) is 2.39. The molecule has 0 fully saturated rings. The standard InChI is InChI=1S/C11H19N3O/c1-14(7-3-2-4-8-15)11-5-6-13-9-10(11)12/h5-6,9,15H,2-4,7-8,12H2,1H3. The van der Waals surface area contributed by atoms with Gasteiger partial charge in [0.1, 0.15) is 0 Å². The number of aliphatic hydroxyl groups is 1. The first-order valence-corrected chi connectivity index (χ1v) is 5.27. The average Bonchev–Trinajstić information content (AvgIpc) is 2.25. The molecule has 0 aromatic carbocycles. The summed E-state index contributed by atoms with van der Waals surface area (Å²) in [5.41, 5.74) is 7.54. The number of hydrogen-bond donors (Lipinski definition) is 2. The van der Waals surface area contributed by atoms with Crippen LogP contribution in [0.1, 0.15) is 19.3 Å². The summed E-state index contributed by atoms with van der Waals surface area (Å²) in [5.74, 6) is 0. The van der Waals surface area contributed by atoms with Gasteiger partial charge in [-0.05, 0) is 25.3 Å². The van der Waals surface area contributed by atoms with E-state index in [-0.39, 0.29) is 6.61 Å². The summed E-state index contributed by atoms with van der Waals surface area (Å²) in [6.07, 6.45) is 6.40. The molecule has 0 radical (unpaired) electrons. The number of hydrogen-bond acceptors (Lipinski definition) is 4. The van der Waals surface area contributed by atoms with Gasteiger partial charge >= 0.3 is 0 Å². The second-order valence-corrected chi connectivity index (χ2v) is 3.64. The third kappa shape index (κ3) is 3.75. The van der Waals surface area contributed by atoms with Crippen LogP contribution in [0.2, 0.25) is 0 Å². The highest BCUT2D eigenvalue weighted by Crippen LogP contribution is 2.19. The van der Waals surface area contributed by atoms with Crippen LogP contribution in [-0.2, 0) is 0 Å². The fraction of sp³-hybridized carbons (Fsp3) is 0.545. The van der Waals surface area contributed by atoms with Gasteiger partial charge < -0.3 is 15.7 Å². The number of nitrogens with zero attached hydrogens (tertiary/aromatic N) is 2. The van der Waals surface area contributed by atoms with Crippen molar-refractivity contribution in [2.24, 2.45) is 0 Å². The number of pyridine rings is 1. The molecule has 0 amide bonds. The quantitative estimate of drug-likeness (QED) is 0.692. The van der Waals surface area contributed by atoms with Crippen LogP contribution in [0.5, 0.6) is 0 Å². The number of unbranched alkanes of at least 4 members (excludes halogenated alkanes) is 2. The van der Waals surface area contributed by atoms with E-state index >= 15 is 0 Å². The molecule has 0 bridgehead atoms. The van der Waals surface area contributed by atoms with Gasteiger partial charge in [0.25, 0.3) is 0 Å². The van der Waals surface area contributed by atoms with Crippen LogP contribution in [0.25, 0.3) is 0 Å².